The molecule has 3 atom stereocenters. The first-order valence-electron chi connectivity index (χ1n) is 3.81. The lowest BCUT2D eigenvalue weighted by molar-refractivity contribution is 0.182. The Balaban J connectivity index is 2.11. The highest BCUT2D eigenvalue weighted by molar-refractivity contribution is 8.00. The van der Waals surface area contributed by atoms with Gasteiger partial charge in [-0.3, -0.25) is 0 Å². The Labute approximate surface area is 66.5 Å². The van der Waals surface area contributed by atoms with Crippen molar-refractivity contribution in [1.82, 2.24) is 4.90 Å². The third kappa shape index (κ3) is 0.656. The molecule has 2 fully saturated rings. The van der Waals surface area contributed by atoms with Crippen LogP contribution in [-0.2, 0) is 0 Å². The summed E-state index contributed by atoms with van der Waals surface area (Å²) in [5, 5.41) is 1.58. The van der Waals surface area contributed by atoms with Gasteiger partial charge in [0.05, 0.1) is 5.37 Å². The standard InChI is InChI=1S/C8H13NS/c1-5-4-9-7(3)6(2)8(9)10-5/h5-6,8H,3-4H2,1-2H3/t5-,6+,8+/m0/s1. The maximum absolute atomic E-state index is 4.03. The van der Waals surface area contributed by atoms with E-state index in [0.717, 1.165) is 16.5 Å². The Hall–Kier alpha value is -0.110. The number of rotatable bonds is 0. The lowest BCUT2D eigenvalue weighted by Gasteiger charge is -2.44. The van der Waals surface area contributed by atoms with Gasteiger partial charge in [-0.1, -0.05) is 20.4 Å². The predicted octanol–water partition coefficient (Wildman–Crippen LogP) is 1.91. The molecule has 10 heavy (non-hydrogen) atoms. The molecule has 2 heterocycles. The van der Waals surface area contributed by atoms with E-state index in [1.54, 1.807) is 0 Å². The van der Waals surface area contributed by atoms with Crippen LogP contribution < -0.4 is 0 Å². The van der Waals surface area contributed by atoms with E-state index in [1.165, 1.54) is 12.2 Å². The lowest BCUT2D eigenvalue weighted by atomic mass is 9.97. The number of hydrogen-bond donors (Lipinski definition) is 0. The van der Waals surface area contributed by atoms with Crippen LogP contribution in [0.2, 0.25) is 0 Å². The molecule has 0 aromatic heterocycles. The quantitative estimate of drug-likeness (QED) is 0.526. The zero-order chi connectivity index (χ0) is 7.30. The van der Waals surface area contributed by atoms with Crippen LogP contribution in [0.3, 0.4) is 0 Å². The summed E-state index contributed by atoms with van der Waals surface area (Å²) in [5.41, 5.74) is 1.35. The van der Waals surface area contributed by atoms with Gasteiger partial charge in [0.1, 0.15) is 0 Å². The molecule has 0 spiro atoms. The molecule has 0 radical (unpaired) electrons. The molecule has 56 valence electrons. The number of hydrogen-bond acceptors (Lipinski definition) is 2. The minimum absolute atomic E-state index is 0.731. The maximum atomic E-state index is 4.03. The van der Waals surface area contributed by atoms with Gasteiger partial charge in [0.15, 0.2) is 0 Å². The van der Waals surface area contributed by atoms with E-state index >= 15 is 0 Å². The summed E-state index contributed by atoms with van der Waals surface area (Å²) in [6.07, 6.45) is 0. The van der Waals surface area contributed by atoms with Crippen molar-refractivity contribution in [3.8, 4) is 0 Å². The molecule has 0 N–H and O–H groups in total. The smallest absolute Gasteiger partial charge is 0.0831 e. The van der Waals surface area contributed by atoms with Gasteiger partial charge < -0.3 is 4.90 Å². The van der Waals surface area contributed by atoms with Crippen LogP contribution in [0.5, 0.6) is 0 Å². The summed E-state index contributed by atoms with van der Waals surface area (Å²) in [4.78, 5) is 2.43. The van der Waals surface area contributed by atoms with Gasteiger partial charge in [-0.25, -0.2) is 0 Å². The Bertz CT molecular complexity index is 178. The first kappa shape index (κ1) is 6.59. The Kier molecular flexibility index (Phi) is 1.28. The molecule has 2 saturated heterocycles. The monoisotopic (exact) mass is 155 g/mol. The number of fused-ring (bicyclic) bond motifs is 1. The van der Waals surface area contributed by atoms with E-state index in [0.29, 0.717) is 0 Å². The Morgan fingerprint density at radius 2 is 2.30 bits per heavy atom. The first-order chi connectivity index (χ1) is 4.70. The predicted molar refractivity (Wildman–Crippen MR) is 45.9 cm³/mol. The van der Waals surface area contributed by atoms with Crippen molar-refractivity contribution in [3.63, 3.8) is 0 Å². The molecule has 0 bridgehead atoms. The fourth-order valence-electron chi connectivity index (χ4n) is 1.75. The van der Waals surface area contributed by atoms with E-state index in [9.17, 15) is 0 Å². The van der Waals surface area contributed by atoms with Crippen molar-refractivity contribution < 1.29 is 0 Å². The van der Waals surface area contributed by atoms with Gasteiger partial charge in [0.25, 0.3) is 0 Å². The van der Waals surface area contributed by atoms with E-state index in [2.05, 4.69) is 37.1 Å². The normalized spacial score (nSPS) is 45.2. The van der Waals surface area contributed by atoms with Gasteiger partial charge in [-0.05, 0) is 0 Å². The third-order valence-corrected chi connectivity index (χ3v) is 4.01. The van der Waals surface area contributed by atoms with Crippen LogP contribution in [0.15, 0.2) is 12.3 Å². The molecular formula is C8H13NS. The van der Waals surface area contributed by atoms with Crippen molar-refractivity contribution in [1.29, 1.82) is 0 Å². The van der Waals surface area contributed by atoms with Crippen LogP contribution in [0.1, 0.15) is 13.8 Å². The summed E-state index contributed by atoms with van der Waals surface area (Å²) in [6, 6.07) is 0. The molecule has 0 aliphatic carbocycles. The highest BCUT2D eigenvalue weighted by Gasteiger charge is 2.45. The summed E-state index contributed by atoms with van der Waals surface area (Å²) in [7, 11) is 0. The van der Waals surface area contributed by atoms with Crippen LogP contribution in [0.25, 0.3) is 0 Å². The Morgan fingerprint density at radius 1 is 1.60 bits per heavy atom. The molecule has 0 aromatic rings. The summed E-state index contributed by atoms with van der Waals surface area (Å²) < 4.78 is 0. The van der Waals surface area contributed by atoms with Crippen molar-refractivity contribution >= 4 is 11.8 Å². The fourth-order valence-corrected chi connectivity index (χ4v) is 3.23. The maximum Gasteiger partial charge on any atom is 0.0831 e. The molecule has 0 unspecified atom stereocenters. The van der Waals surface area contributed by atoms with E-state index in [4.69, 9.17) is 0 Å². The van der Waals surface area contributed by atoms with Gasteiger partial charge in [0.2, 0.25) is 0 Å². The number of thioether (sulfide) groups is 1. The minimum Gasteiger partial charge on any atom is -0.361 e. The first-order valence-corrected chi connectivity index (χ1v) is 4.75. The van der Waals surface area contributed by atoms with Crippen molar-refractivity contribution in [3.05, 3.63) is 12.3 Å². The van der Waals surface area contributed by atoms with Crippen LogP contribution in [-0.4, -0.2) is 22.1 Å². The van der Waals surface area contributed by atoms with Crippen molar-refractivity contribution in [2.45, 2.75) is 24.5 Å². The molecule has 0 amide bonds. The van der Waals surface area contributed by atoms with E-state index < -0.39 is 0 Å². The summed E-state index contributed by atoms with van der Waals surface area (Å²) >= 11 is 2.09. The molecule has 2 rings (SSSR count). The number of nitrogens with zero attached hydrogens (tertiary/aromatic N) is 1. The second-order valence-electron chi connectivity index (χ2n) is 3.27. The van der Waals surface area contributed by atoms with Crippen molar-refractivity contribution in [2.75, 3.05) is 6.54 Å². The molecule has 2 heteroatoms. The van der Waals surface area contributed by atoms with Gasteiger partial charge >= 0.3 is 0 Å². The third-order valence-electron chi connectivity index (χ3n) is 2.45. The summed E-state index contributed by atoms with van der Waals surface area (Å²) in [6.45, 7) is 9.82. The van der Waals surface area contributed by atoms with Crippen LogP contribution >= 0.6 is 11.8 Å². The van der Waals surface area contributed by atoms with Crippen LogP contribution in [0, 0.1) is 5.92 Å². The highest BCUT2D eigenvalue weighted by Crippen LogP contribution is 2.48. The average Bonchev–Trinajstić information content (AvgIpc) is 2.27. The van der Waals surface area contributed by atoms with Gasteiger partial charge in [-0.15, -0.1) is 11.8 Å². The zero-order valence-electron chi connectivity index (χ0n) is 6.50. The zero-order valence-corrected chi connectivity index (χ0v) is 7.32. The molecule has 1 nitrogen and oxygen atoms in total. The van der Waals surface area contributed by atoms with Crippen LogP contribution in [0.4, 0.5) is 0 Å². The SMILES string of the molecule is C=C1[C@@H](C)[C@H]2S[C@@H](C)CN12. The molecule has 0 aromatic carbocycles. The topological polar surface area (TPSA) is 3.24 Å². The second kappa shape index (κ2) is 1.94. The molecule has 2 aliphatic rings. The lowest BCUT2D eigenvalue weighted by Crippen LogP contribution is -2.46. The van der Waals surface area contributed by atoms with Gasteiger partial charge in [0, 0.05) is 23.4 Å². The van der Waals surface area contributed by atoms with Gasteiger partial charge in [-0.2, -0.15) is 0 Å². The minimum atomic E-state index is 0.731. The largest absolute Gasteiger partial charge is 0.361 e. The Morgan fingerprint density at radius 3 is 2.90 bits per heavy atom. The average molecular weight is 155 g/mol. The van der Waals surface area contributed by atoms with E-state index in [1.807, 2.05) is 0 Å². The fraction of sp³-hybridized carbons (Fsp3) is 0.750. The molecule has 0 saturated carbocycles. The van der Waals surface area contributed by atoms with Crippen molar-refractivity contribution in [2.24, 2.45) is 5.92 Å². The summed E-state index contributed by atoms with van der Waals surface area (Å²) in [5.74, 6) is 0.731. The molecular weight excluding hydrogens is 142 g/mol. The highest BCUT2D eigenvalue weighted by atomic mass is 32.2. The van der Waals surface area contributed by atoms with E-state index in [-0.39, 0.29) is 0 Å². The molecule has 2 aliphatic heterocycles. The second-order valence-corrected chi connectivity index (χ2v) is 4.83.